The van der Waals surface area contributed by atoms with Gasteiger partial charge >= 0.3 is 0 Å². The molecule has 1 unspecified atom stereocenters. The lowest BCUT2D eigenvalue weighted by atomic mass is 10.00. The quantitative estimate of drug-likeness (QED) is 0.820. The molecule has 2 aromatic rings. The molecule has 1 atom stereocenters. The Bertz CT molecular complexity index is 803. The fourth-order valence-corrected chi connectivity index (χ4v) is 4.17. The first-order valence-electron chi connectivity index (χ1n) is 10.0. The fourth-order valence-electron chi connectivity index (χ4n) is 4.17. The molecule has 5 nitrogen and oxygen atoms in total. The average Bonchev–Trinajstić information content (AvgIpc) is 2.97. The van der Waals surface area contributed by atoms with Gasteiger partial charge in [0.1, 0.15) is 0 Å². The van der Waals surface area contributed by atoms with Crippen molar-refractivity contribution in [3.8, 4) is 0 Å². The molecule has 1 aromatic heterocycles. The first kappa shape index (κ1) is 19.9. The molecule has 27 heavy (non-hydrogen) atoms. The smallest absolute Gasteiger partial charge is 0.224 e. The summed E-state index contributed by atoms with van der Waals surface area (Å²) in [5, 5.41) is 4.40. The number of carbonyl (C=O) groups excluding carboxylic acids is 1. The average molecular weight is 372 g/mol. The summed E-state index contributed by atoms with van der Waals surface area (Å²) in [4.78, 5) is 18.7. The summed E-state index contributed by atoms with van der Waals surface area (Å²) in [5.74, 6) is 0.585. The van der Waals surface area contributed by atoms with Crippen molar-refractivity contribution in [3.63, 3.8) is 0 Å². The van der Waals surface area contributed by atoms with Crippen molar-refractivity contribution >= 4 is 16.8 Å². The van der Waals surface area contributed by atoms with E-state index in [1.807, 2.05) is 0 Å². The second-order valence-corrected chi connectivity index (χ2v) is 8.12. The summed E-state index contributed by atoms with van der Waals surface area (Å²) in [7, 11) is 0. The van der Waals surface area contributed by atoms with E-state index in [0.29, 0.717) is 24.9 Å². The Morgan fingerprint density at radius 2 is 1.85 bits per heavy atom. The van der Waals surface area contributed by atoms with Gasteiger partial charge in [0, 0.05) is 42.3 Å². The summed E-state index contributed by atoms with van der Waals surface area (Å²) in [6, 6.07) is 4.62. The Labute approximate surface area is 162 Å². The topological polar surface area (TPSA) is 57.4 Å². The number of nitrogens with zero attached hydrogens (tertiary/aromatic N) is 1. The van der Waals surface area contributed by atoms with Gasteiger partial charge in [-0.05, 0) is 43.4 Å². The molecule has 3 rings (SSSR count). The number of rotatable bonds is 6. The van der Waals surface area contributed by atoms with E-state index in [-0.39, 0.29) is 5.91 Å². The Balaban J connectivity index is 1.69. The zero-order valence-corrected chi connectivity index (χ0v) is 17.3. The van der Waals surface area contributed by atoms with E-state index < -0.39 is 0 Å². The third-order valence-corrected chi connectivity index (χ3v) is 5.82. The maximum absolute atomic E-state index is 12.7. The van der Waals surface area contributed by atoms with Crippen molar-refractivity contribution in [2.45, 2.75) is 47.1 Å². The summed E-state index contributed by atoms with van der Waals surface area (Å²) in [6.45, 7) is 14.9. The van der Waals surface area contributed by atoms with Crippen molar-refractivity contribution in [3.05, 3.63) is 34.5 Å². The van der Waals surface area contributed by atoms with Crippen LogP contribution in [0.25, 0.3) is 10.9 Å². The molecule has 1 fully saturated rings. The number of ether oxygens (including phenoxy) is 1. The zero-order chi connectivity index (χ0) is 19.6. The second kappa shape index (κ2) is 8.44. The molecule has 0 aliphatic carbocycles. The van der Waals surface area contributed by atoms with E-state index in [1.54, 1.807) is 0 Å². The van der Waals surface area contributed by atoms with Crippen LogP contribution in [-0.4, -0.2) is 54.7 Å². The normalized spacial score (nSPS) is 16.8. The predicted molar refractivity (Wildman–Crippen MR) is 110 cm³/mol. The highest BCUT2D eigenvalue weighted by atomic mass is 16.5. The summed E-state index contributed by atoms with van der Waals surface area (Å²) >= 11 is 0. The molecule has 0 radical (unpaired) electrons. The number of aromatic nitrogens is 1. The van der Waals surface area contributed by atoms with Crippen molar-refractivity contribution in [1.29, 1.82) is 0 Å². The number of nitrogens with one attached hydrogen (secondary N) is 2. The number of aryl methyl sites for hydroxylation is 3. The lowest BCUT2D eigenvalue weighted by molar-refractivity contribution is -0.120. The van der Waals surface area contributed by atoms with Crippen LogP contribution in [0.5, 0.6) is 0 Å². The zero-order valence-electron chi connectivity index (χ0n) is 17.3. The number of hydrogen-bond acceptors (Lipinski definition) is 3. The van der Waals surface area contributed by atoms with Crippen LogP contribution in [0.4, 0.5) is 0 Å². The van der Waals surface area contributed by atoms with E-state index >= 15 is 0 Å². The van der Waals surface area contributed by atoms with E-state index in [9.17, 15) is 4.79 Å². The van der Waals surface area contributed by atoms with Gasteiger partial charge in [-0.25, -0.2) is 0 Å². The molecule has 2 heterocycles. The summed E-state index contributed by atoms with van der Waals surface area (Å²) in [6.07, 6.45) is 0.421. The second-order valence-electron chi connectivity index (χ2n) is 8.12. The highest BCUT2D eigenvalue weighted by molar-refractivity contribution is 5.93. The lowest BCUT2D eigenvalue weighted by Crippen LogP contribution is -2.51. The Kier molecular flexibility index (Phi) is 6.22. The van der Waals surface area contributed by atoms with Gasteiger partial charge in [0.05, 0.1) is 19.6 Å². The fraction of sp³-hybridized carbons (Fsp3) is 0.591. The van der Waals surface area contributed by atoms with E-state index in [1.165, 1.54) is 16.5 Å². The standard InChI is InChI=1S/C22H33N3O2/c1-14(2)19(25-8-10-27-11-9-25)13-23-20(26)12-18-17(5)24-22-16(4)7-6-15(3)21(18)22/h6-7,14,19,24H,8-13H2,1-5H3,(H,23,26). The number of amides is 1. The third kappa shape index (κ3) is 4.36. The van der Waals surface area contributed by atoms with Crippen LogP contribution >= 0.6 is 0 Å². The van der Waals surface area contributed by atoms with Crippen LogP contribution in [0.3, 0.4) is 0 Å². The highest BCUT2D eigenvalue weighted by Gasteiger charge is 2.24. The van der Waals surface area contributed by atoms with Gasteiger partial charge in [-0.15, -0.1) is 0 Å². The van der Waals surface area contributed by atoms with Crippen molar-refractivity contribution in [2.24, 2.45) is 5.92 Å². The van der Waals surface area contributed by atoms with Gasteiger partial charge in [0.15, 0.2) is 0 Å². The molecule has 2 N–H and O–H groups in total. The first-order chi connectivity index (χ1) is 12.9. The number of carbonyl (C=O) groups is 1. The van der Waals surface area contributed by atoms with E-state index in [2.05, 4.69) is 62.0 Å². The molecule has 0 spiro atoms. The van der Waals surface area contributed by atoms with Gasteiger partial charge < -0.3 is 15.0 Å². The minimum atomic E-state index is 0.0961. The number of H-pyrrole nitrogens is 1. The van der Waals surface area contributed by atoms with Crippen molar-refractivity contribution in [1.82, 2.24) is 15.2 Å². The third-order valence-electron chi connectivity index (χ3n) is 5.82. The van der Waals surface area contributed by atoms with Gasteiger partial charge in [0.2, 0.25) is 5.91 Å². The molecule has 0 saturated carbocycles. The van der Waals surface area contributed by atoms with Crippen LogP contribution < -0.4 is 5.32 Å². The predicted octanol–water partition coefficient (Wildman–Crippen LogP) is 3.11. The molecule has 0 bridgehead atoms. The van der Waals surface area contributed by atoms with Crippen LogP contribution in [0.2, 0.25) is 0 Å². The lowest BCUT2D eigenvalue weighted by Gasteiger charge is -2.36. The van der Waals surface area contributed by atoms with Crippen molar-refractivity contribution < 1.29 is 9.53 Å². The molecular weight excluding hydrogens is 338 g/mol. The largest absolute Gasteiger partial charge is 0.379 e. The maximum atomic E-state index is 12.7. The Hall–Kier alpha value is -1.85. The van der Waals surface area contributed by atoms with Crippen molar-refractivity contribution in [2.75, 3.05) is 32.8 Å². The van der Waals surface area contributed by atoms with Crippen LogP contribution in [0.15, 0.2) is 12.1 Å². The summed E-state index contributed by atoms with van der Waals surface area (Å²) < 4.78 is 5.47. The minimum Gasteiger partial charge on any atom is -0.379 e. The Morgan fingerprint density at radius 1 is 1.19 bits per heavy atom. The van der Waals surface area contributed by atoms with Crippen LogP contribution in [-0.2, 0) is 16.0 Å². The van der Waals surface area contributed by atoms with Gasteiger partial charge in [-0.2, -0.15) is 0 Å². The van der Waals surface area contributed by atoms with E-state index in [0.717, 1.165) is 43.1 Å². The van der Waals surface area contributed by atoms with Crippen LogP contribution in [0, 0.1) is 26.7 Å². The minimum absolute atomic E-state index is 0.0961. The molecule has 1 saturated heterocycles. The molecule has 1 amide bonds. The first-order valence-corrected chi connectivity index (χ1v) is 10.0. The number of morpholine rings is 1. The molecule has 5 heteroatoms. The van der Waals surface area contributed by atoms with Crippen LogP contribution in [0.1, 0.15) is 36.2 Å². The number of hydrogen-bond donors (Lipinski definition) is 2. The molecule has 1 aromatic carbocycles. The monoisotopic (exact) mass is 371 g/mol. The highest BCUT2D eigenvalue weighted by Crippen LogP contribution is 2.28. The Morgan fingerprint density at radius 3 is 2.52 bits per heavy atom. The SMILES string of the molecule is Cc1[nH]c2c(C)ccc(C)c2c1CC(=O)NCC(C(C)C)N1CCOCC1. The van der Waals surface area contributed by atoms with E-state index in [4.69, 9.17) is 4.74 Å². The number of aromatic amines is 1. The number of fused-ring (bicyclic) bond motifs is 1. The van der Waals surface area contributed by atoms with Gasteiger partial charge in [-0.1, -0.05) is 26.0 Å². The molecular formula is C22H33N3O2. The number of benzene rings is 1. The van der Waals surface area contributed by atoms with Gasteiger partial charge in [0.25, 0.3) is 0 Å². The van der Waals surface area contributed by atoms with Gasteiger partial charge in [-0.3, -0.25) is 9.69 Å². The molecule has 1 aliphatic rings. The molecule has 1 aliphatic heterocycles. The maximum Gasteiger partial charge on any atom is 0.224 e. The summed E-state index contributed by atoms with van der Waals surface area (Å²) in [5.41, 5.74) is 5.81. The molecule has 148 valence electrons.